The van der Waals surface area contributed by atoms with Crippen molar-refractivity contribution in [3.63, 3.8) is 0 Å². The molecule has 1 aliphatic rings. The van der Waals surface area contributed by atoms with E-state index in [9.17, 15) is 14.4 Å². The molecule has 1 saturated heterocycles. The molecular weight excluding hydrogens is 362 g/mol. The predicted octanol–water partition coefficient (Wildman–Crippen LogP) is 3.33. The van der Waals surface area contributed by atoms with Gasteiger partial charge in [-0.3, -0.25) is 14.4 Å². The van der Waals surface area contributed by atoms with Gasteiger partial charge < -0.3 is 14.7 Å². The molecule has 0 radical (unpaired) electrons. The van der Waals surface area contributed by atoms with E-state index in [1.165, 1.54) is 0 Å². The molecule has 3 amide bonds. The Morgan fingerprint density at radius 1 is 0.667 bits per heavy atom. The zero-order chi connectivity index (χ0) is 20.6. The lowest BCUT2D eigenvalue weighted by Gasteiger charge is -2.42. The zero-order valence-corrected chi connectivity index (χ0v) is 18.5. The van der Waals surface area contributed by atoms with E-state index in [1.54, 1.807) is 14.7 Å². The molecule has 27 heavy (non-hydrogen) atoms. The quantitative estimate of drug-likeness (QED) is 0.605. The normalized spacial score (nSPS) is 16.2. The Balaban J connectivity index is 2.79. The Morgan fingerprint density at radius 2 is 0.963 bits per heavy atom. The monoisotopic (exact) mass is 399 g/mol. The lowest BCUT2D eigenvalue weighted by molar-refractivity contribution is -0.158. The van der Waals surface area contributed by atoms with Gasteiger partial charge in [-0.15, -0.1) is 0 Å². The van der Waals surface area contributed by atoms with Gasteiger partial charge >= 0.3 is 0 Å². The van der Waals surface area contributed by atoms with Crippen molar-refractivity contribution in [2.24, 2.45) is 11.8 Å². The topological polar surface area (TPSA) is 60.9 Å². The fraction of sp³-hybridized carbons (Fsp3) is 0.850. The summed E-state index contributed by atoms with van der Waals surface area (Å²) in [5, 5.41) is 0.145. The largest absolute Gasteiger partial charge is 0.307 e. The van der Waals surface area contributed by atoms with Gasteiger partial charge in [0.2, 0.25) is 17.7 Å². The SMILES string of the molecule is CC(C)CCC(=O)N1CN(C(=O)CCC(C)C)CN(C(=O)CCC(C)S)C1. The van der Waals surface area contributed by atoms with E-state index >= 15 is 0 Å². The van der Waals surface area contributed by atoms with Gasteiger partial charge in [0.1, 0.15) is 0 Å². The predicted molar refractivity (Wildman–Crippen MR) is 111 cm³/mol. The van der Waals surface area contributed by atoms with Gasteiger partial charge in [-0.1, -0.05) is 34.6 Å². The first-order chi connectivity index (χ1) is 12.6. The Labute approximate surface area is 170 Å². The number of carbonyl (C=O) groups excluding carboxylic acids is 3. The Bertz CT molecular complexity index is 431. The lowest BCUT2D eigenvalue weighted by Crippen LogP contribution is -2.59. The first kappa shape index (κ1) is 23.8. The van der Waals surface area contributed by atoms with Crippen LogP contribution >= 0.6 is 12.6 Å². The van der Waals surface area contributed by atoms with E-state index < -0.39 is 0 Å². The summed E-state index contributed by atoms with van der Waals surface area (Å²) >= 11 is 4.33. The van der Waals surface area contributed by atoms with Crippen molar-refractivity contribution in [2.45, 2.75) is 78.4 Å². The highest BCUT2D eigenvalue weighted by Gasteiger charge is 2.31. The molecule has 0 N–H and O–H groups in total. The van der Waals surface area contributed by atoms with Gasteiger partial charge in [-0.05, 0) is 36.3 Å². The molecule has 0 aromatic rings. The van der Waals surface area contributed by atoms with Gasteiger partial charge in [-0.25, -0.2) is 0 Å². The summed E-state index contributed by atoms with van der Waals surface area (Å²) in [4.78, 5) is 42.7. The fourth-order valence-electron chi connectivity index (χ4n) is 2.86. The fourth-order valence-corrected chi connectivity index (χ4v) is 2.99. The van der Waals surface area contributed by atoms with Crippen molar-refractivity contribution < 1.29 is 14.4 Å². The molecule has 0 aromatic heterocycles. The summed E-state index contributed by atoms with van der Waals surface area (Å²) < 4.78 is 0. The molecule has 1 heterocycles. The minimum absolute atomic E-state index is 0.00502. The minimum Gasteiger partial charge on any atom is -0.307 e. The third kappa shape index (κ3) is 9.00. The van der Waals surface area contributed by atoms with Crippen LogP contribution in [0.25, 0.3) is 0 Å². The van der Waals surface area contributed by atoms with Crippen molar-refractivity contribution in [1.29, 1.82) is 0 Å². The van der Waals surface area contributed by atoms with E-state index in [0.29, 0.717) is 37.5 Å². The van der Waals surface area contributed by atoms with Gasteiger partial charge in [0, 0.05) is 19.3 Å². The standard InChI is InChI=1S/C20H37N3O3S/c1-15(2)6-9-18(24)21-12-22(19(25)10-7-16(3)4)14-23(13-21)20(26)11-8-17(5)27/h15-17,27H,6-14H2,1-5H3. The number of hydrogen-bond acceptors (Lipinski definition) is 4. The molecular formula is C20H37N3O3S. The average Bonchev–Trinajstić information content (AvgIpc) is 2.61. The van der Waals surface area contributed by atoms with Crippen molar-refractivity contribution in [3.05, 3.63) is 0 Å². The van der Waals surface area contributed by atoms with Crippen LogP contribution in [0.3, 0.4) is 0 Å². The molecule has 6 nitrogen and oxygen atoms in total. The van der Waals surface area contributed by atoms with Gasteiger partial charge in [0.05, 0.1) is 20.0 Å². The molecule has 0 bridgehead atoms. The van der Waals surface area contributed by atoms with Gasteiger partial charge in [-0.2, -0.15) is 12.6 Å². The van der Waals surface area contributed by atoms with Crippen molar-refractivity contribution in [2.75, 3.05) is 20.0 Å². The molecule has 1 unspecified atom stereocenters. The van der Waals surface area contributed by atoms with E-state index in [1.807, 2.05) is 6.92 Å². The van der Waals surface area contributed by atoms with Crippen molar-refractivity contribution in [3.8, 4) is 0 Å². The molecule has 1 rings (SSSR count). The number of hydrogen-bond donors (Lipinski definition) is 1. The van der Waals surface area contributed by atoms with Crippen molar-refractivity contribution in [1.82, 2.24) is 14.7 Å². The first-order valence-corrected chi connectivity index (χ1v) is 10.6. The molecule has 0 spiro atoms. The summed E-state index contributed by atoms with van der Waals surface area (Å²) in [6, 6.07) is 0. The maximum absolute atomic E-state index is 12.6. The van der Waals surface area contributed by atoms with Crippen LogP contribution in [0.15, 0.2) is 0 Å². The second kappa shape index (κ2) is 11.6. The van der Waals surface area contributed by atoms with Crippen LogP contribution in [-0.2, 0) is 14.4 Å². The molecule has 0 aromatic carbocycles. The summed E-state index contributed by atoms with van der Waals surface area (Å²) in [6.07, 6.45) is 3.57. The van der Waals surface area contributed by atoms with E-state index in [-0.39, 0.29) is 43.0 Å². The summed E-state index contributed by atoms with van der Waals surface area (Å²) in [7, 11) is 0. The molecule has 1 aliphatic heterocycles. The van der Waals surface area contributed by atoms with Crippen LogP contribution in [0.4, 0.5) is 0 Å². The molecule has 0 aliphatic carbocycles. The van der Waals surface area contributed by atoms with Crippen LogP contribution in [0, 0.1) is 11.8 Å². The van der Waals surface area contributed by atoms with E-state index in [0.717, 1.165) is 12.8 Å². The molecule has 7 heteroatoms. The van der Waals surface area contributed by atoms with E-state index in [4.69, 9.17) is 0 Å². The van der Waals surface area contributed by atoms with Crippen LogP contribution in [0.5, 0.6) is 0 Å². The number of amides is 3. The highest BCUT2D eigenvalue weighted by Crippen LogP contribution is 2.16. The molecule has 156 valence electrons. The Morgan fingerprint density at radius 3 is 1.22 bits per heavy atom. The van der Waals surface area contributed by atoms with Crippen LogP contribution in [-0.4, -0.2) is 57.7 Å². The zero-order valence-electron chi connectivity index (χ0n) is 17.6. The van der Waals surface area contributed by atoms with Crippen LogP contribution < -0.4 is 0 Å². The van der Waals surface area contributed by atoms with Gasteiger partial charge in [0.25, 0.3) is 0 Å². The van der Waals surface area contributed by atoms with Gasteiger partial charge in [0.15, 0.2) is 0 Å². The highest BCUT2D eigenvalue weighted by atomic mass is 32.1. The lowest BCUT2D eigenvalue weighted by atomic mass is 10.1. The third-order valence-corrected chi connectivity index (χ3v) is 4.99. The smallest absolute Gasteiger partial charge is 0.225 e. The number of nitrogens with zero attached hydrogens (tertiary/aromatic N) is 3. The molecule has 1 fully saturated rings. The number of rotatable bonds is 9. The van der Waals surface area contributed by atoms with Crippen molar-refractivity contribution >= 4 is 30.4 Å². The maximum Gasteiger partial charge on any atom is 0.225 e. The summed E-state index contributed by atoms with van der Waals surface area (Å²) in [5.41, 5.74) is 0. The first-order valence-electron chi connectivity index (χ1n) is 10.1. The number of carbonyl (C=O) groups is 3. The highest BCUT2D eigenvalue weighted by molar-refractivity contribution is 7.80. The second-order valence-corrected chi connectivity index (χ2v) is 9.36. The summed E-state index contributed by atoms with van der Waals surface area (Å²) in [5.74, 6) is 0.865. The van der Waals surface area contributed by atoms with E-state index in [2.05, 4.69) is 40.3 Å². The van der Waals surface area contributed by atoms with Crippen LogP contribution in [0.1, 0.15) is 73.1 Å². The average molecular weight is 400 g/mol. The Kier molecular flexibility index (Phi) is 10.2. The van der Waals surface area contributed by atoms with Crippen LogP contribution in [0.2, 0.25) is 0 Å². The maximum atomic E-state index is 12.6. The molecule has 0 saturated carbocycles. The number of thiol groups is 1. The molecule has 1 atom stereocenters. The summed E-state index contributed by atoms with van der Waals surface area (Å²) in [6.45, 7) is 11.1. The Hall–Kier alpha value is -1.24. The minimum atomic E-state index is -0.0288. The third-order valence-electron chi connectivity index (χ3n) is 4.73. The second-order valence-electron chi connectivity index (χ2n) is 8.48.